The topological polar surface area (TPSA) is 49.3 Å². The molecule has 2 N–H and O–H groups in total. The number of rotatable bonds is 6. The van der Waals surface area contributed by atoms with Gasteiger partial charge in [-0.25, -0.2) is 13.6 Å². The van der Waals surface area contributed by atoms with Crippen molar-refractivity contribution < 1.29 is 18.7 Å². The Labute approximate surface area is 117 Å². The van der Waals surface area contributed by atoms with Gasteiger partial charge >= 0.3 is 5.97 Å². The maximum Gasteiger partial charge on any atom is 0.335 e. The van der Waals surface area contributed by atoms with E-state index < -0.39 is 17.6 Å². The molecule has 1 aliphatic carbocycles. The minimum atomic E-state index is -1.34. The van der Waals surface area contributed by atoms with E-state index in [4.69, 9.17) is 5.11 Å². The molecule has 0 radical (unpaired) electrons. The lowest BCUT2D eigenvalue weighted by Gasteiger charge is -2.11. The van der Waals surface area contributed by atoms with Crippen molar-refractivity contribution in [3.8, 4) is 0 Å². The Kier molecular flexibility index (Phi) is 4.93. The molecule has 0 bridgehead atoms. The third-order valence-electron chi connectivity index (χ3n) is 3.85. The molecule has 0 aromatic heterocycles. The summed E-state index contributed by atoms with van der Waals surface area (Å²) in [5, 5.41) is 11.4. The van der Waals surface area contributed by atoms with Crippen LogP contribution in [0.25, 0.3) is 0 Å². The Hall–Kier alpha value is -1.65. The number of carboxylic acid groups (broad SMARTS) is 1. The van der Waals surface area contributed by atoms with E-state index in [0.717, 1.165) is 30.9 Å². The molecule has 3 nitrogen and oxygen atoms in total. The maximum atomic E-state index is 13.6. The van der Waals surface area contributed by atoms with Crippen molar-refractivity contribution in [2.75, 3.05) is 11.9 Å². The molecule has 5 heteroatoms. The molecule has 0 aliphatic heterocycles. The number of anilines is 1. The van der Waals surface area contributed by atoms with Gasteiger partial charge in [0.1, 0.15) is 17.3 Å². The predicted octanol–water partition coefficient (Wildman–Crippen LogP) is 4.05. The first kappa shape index (κ1) is 14.8. The standard InChI is InChI=1S/C15H19F2NO2/c16-12-8-11(15(19)20)9-13(17)14(12)18-7-3-6-10-4-1-2-5-10/h8-10,18H,1-7H2,(H,19,20). The lowest BCUT2D eigenvalue weighted by atomic mass is 10.0. The summed E-state index contributed by atoms with van der Waals surface area (Å²) in [5.74, 6) is -2.30. The molecule has 0 spiro atoms. The van der Waals surface area contributed by atoms with Crippen LogP contribution in [0.15, 0.2) is 12.1 Å². The van der Waals surface area contributed by atoms with Crippen LogP contribution in [0.1, 0.15) is 48.9 Å². The smallest absolute Gasteiger partial charge is 0.335 e. The molecule has 20 heavy (non-hydrogen) atoms. The summed E-state index contributed by atoms with van der Waals surface area (Å²) in [5.41, 5.74) is -0.613. The summed E-state index contributed by atoms with van der Waals surface area (Å²) in [4.78, 5) is 10.7. The van der Waals surface area contributed by atoms with Gasteiger partial charge in [-0.2, -0.15) is 0 Å². The number of hydrogen-bond acceptors (Lipinski definition) is 2. The normalized spacial score (nSPS) is 15.5. The first-order chi connectivity index (χ1) is 9.58. The Morgan fingerprint density at radius 2 is 1.85 bits per heavy atom. The SMILES string of the molecule is O=C(O)c1cc(F)c(NCCCC2CCCC2)c(F)c1. The lowest BCUT2D eigenvalue weighted by Crippen LogP contribution is -2.09. The molecule has 0 amide bonds. The second-order valence-electron chi connectivity index (χ2n) is 5.34. The van der Waals surface area contributed by atoms with Crippen molar-refractivity contribution in [3.05, 3.63) is 29.3 Å². The van der Waals surface area contributed by atoms with Crippen LogP contribution in [0, 0.1) is 17.6 Å². The van der Waals surface area contributed by atoms with Crippen LogP contribution in [-0.4, -0.2) is 17.6 Å². The Balaban J connectivity index is 1.87. The molecule has 1 fully saturated rings. The predicted molar refractivity (Wildman–Crippen MR) is 73.0 cm³/mol. The van der Waals surface area contributed by atoms with E-state index in [1.165, 1.54) is 25.7 Å². The summed E-state index contributed by atoms with van der Waals surface area (Å²) >= 11 is 0. The van der Waals surface area contributed by atoms with Crippen molar-refractivity contribution in [3.63, 3.8) is 0 Å². The van der Waals surface area contributed by atoms with Gasteiger partial charge in [-0.3, -0.25) is 0 Å². The van der Waals surface area contributed by atoms with Crippen molar-refractivity contribution in [2.45, 2.75) is 38.5 Å². The number of carboxylic acids is 1. The van der Waals surface area contributed by atoms with Crippen molar-refractivity contribution in [2.24, 2.45) is 5.92 Å². The number of halogens is 2. The largest absolute Gasteiger partial charge is 0.478 e. The minimum Gasteiger partial charge on any atom is -0.478 e. The van der Waals surface area contributed by atoms with Crippen molar-refractivity contribution >= 4 is 11.7 Å². The first-order valence-electron chi connectivity index (χ1n) is 7.04. The number of hydrogen-bond donors (Lipinski definition) is 2. The van der Waals surface area contributed by atoms with Gasteiger partial charge < -0.3 is 10.4 Å². The molecule has 1 aromatic carbocycles. The Morgan fingerprint density at radius 3 is 2.40 bits per heavy atom. The van der Waals surface area contributed by atoms with Gasteiger partial charge in [0.25, 0.3) is 0 Å². The molecule has 0 heterocycles. The van der Waals surface area contributed by atoms with E-state index in [2.05, 4.69) is 5.32 Å². The second-order valence-corrected chi connectivity index (χ2v) is 5.34. The molecule has 0 atom stereocenters. The van der Waals surface area contributed by atoms with Gasteiger partial charge in [0.05, 0.1) is 5.56 Å². The Bertz CT molecular complexity index is 462. The quantitative estimate of drug-likeness (QED) is 0.774. The molecule has 0 unspecified atom stereocenters. The van der Waals surface area contributed by atoms with E-state index in [1.54, 1.807) is 0 Å². The average molecular weight is 283 g/mol. The number of benzene rings is 1. The fourth-order valence-electron chi connectivity index (χ4n) is 2.77. The molecule has 1 aromatic rings. The molecular weight excluding hydrogens is 264 g/mol. The van der Waals surface area contributed by atoms with Gasteiger partial charge in [0.2, 0.25) is 0 Å². The highest BCUT2D eigenvalue weighted by Crippen LogP contribution is 2.28. The number of nitrogens with one attached hydrogen (secondary N) is 1. The Morgan fingerprint density at radius 1 is 1.25 bits per heavy atom. The lowest BCUT2D eigenvalue weighted by molar-refractivity contribution is 0.0696. The van der Waals surface area contributed by atoms with Gasteiger partial charge in [0.15, 0.2) is 0 Å². The second kappa shape index (κ2) is 6.68. The highest BCUT2D eigenvalue weighted by molar-refractivity contribution is 5.88. The van der Waals surface area contributed by atoms with Gasteiger partial charge in [-0.05, 0) is 30.9 Å². The van der Waals surface area contributed by atoms with E-state index in [-0.39, 0.29) is 11.3 Å². The maximum absolute atomic E-state index is 13.6. The molecular formula is C15H19F2NO2. The van der Waals surface area contributed by atoms with Crippen LogP contribution in [-0.2, 0) is 0 Å². The summed E-state index contributed by atoms with van der Waals surface area (Å²) in [6, 6.07) is 1.68. The minimum absolute atomic E-state index is 0.235. The average Bonchev–Trinajstić information content (AvgIpc) is 2.89. The van der Waals surface area contributed by atoms with Gasteiger partial charge in [-0.15, -0.1) is 0 Å². The van der Waals surface area contributed by atoms with E-state index in [0.29, 0.717) is 6.54 Å². The highest BCUT2D eigenvalue weighted by atomic mass is 19.1. The van der Waals surface area contributed by atoms with Crippen LogP contribution < -0.4 is 5.32 Å². The van der Waals surface area contributed by atoms with Crippen LogP contribution in [0.4, 0.5) is 14.5 Å². The monoisotopic (exact) mass is 283 g/mol. The van der Waals surface area contributed by atoms with Crippen LogP contribution in [0.5, 0.6) is 0 Å². The third kappa shape index (κ3) is 3.68. The highest BCUT2D eigenvalue weighted by Gasteiger charge is 2.16. The van der Waals surface area contributed by atoms with Gasteiger partial charge in [0, 0.05) is 6.54 Å². The number of carbonyl (C=O) groups is 1. The summed E-state index contributed by atoms with van der Waals surface area (Å²) in [7, 11) is 0. The van der Waals surface area contributed by atoms with Crippen LogP contribution >= 0.6 is 0 Å². The van der Waals surface area contributed by atoms with E-state index in [1.807, 2.05) is 0 Å². The molecule has 2 rings (SSSR count). The molecule has 110 valence electrons. The van der Waals surface area contributed by atoms with Crippen molar-refractivity contribution in [1.29, 1.82) is 0 Å². The molecule has 1 aliphatic rings. The summed E-state index contributed by atoms with van der Waals surface area (Å²) in [6.07, 6.45) is 7.04. The third-order valence-corrected chi connectivity index (χ3v) is 3.85. The fraction of sp³-hybridized carbons (Fsp3) is 0.533. The molecule has 0 saturated heterocycles. The van der Waals surface area contributed by atoms with E-state index >= 15 is 0 Å². The van der Waals surface area contributed by atoms with Crippen molar-refractivity contribution in [1.82, 2.24) is 0 Å². The van der Waals surface area contributed by atoms with E-state index in [9.17, 15) is 13.6 Å². The summed E-state index contributed by atoms with van der Waals surface area (Å²) < 4.78 is 27.3. The van der Waals surface area contributed by atoms with Gasteiger partial charge in [-0.1, -0.05) is 25.7 Å². The zero-order valence-corrected chi connectivity index (χ0v) is 11.3. The van der Waals surface area contributed by atoms with Crippen LogP contribution in [0.3, 0.4) is 0 Å². The fourth-order valence-corrected chi connectivity index (χ4v) is 2.77. The zero-order chi connectivity index (χ0) is 14.5. The first-order valence-corrected chi connectivity index (χ1v) is 7.04. The molecule has 1 saturated carbocycles. The zero-order valence-electron chi connectivity index (χ0n) is 11.3. The summed E-state index contributed by atoms with van der Waals surface area (Å²) in [6.45, 7) is 0.497. The van der Waals surface area contributed by atoms with Crippen LogP contribution in [0.2, 0.25) is 0 Å². The number of aromatic carboxylic acids is 1.